The number of likely N-dealkylation sites (tertiary alicyclic amines) is 1. The van der Waals surface area contributed by atoms with Gasteiger partial charge in [-0.2, -0.15) is 0 Å². The van der Waals surface area contributed by atoms with Crippen LogP contribution in [0.25, 0.3) is 6.08 Å². The molecule has 2 aliphatic rings. The van der Waals surface area contributed by atoms with Crippen LogP contribution in [0.5, 0.6) is 5.75 Å². The standard InChI is InChI=1S/C21H32N2O2/c1-25-21-11-5-2-7-17(21)8-6-14-22-18-12-15-23(16-13-18)19-9-3-4-10-20(19)24/h2,5-8,11,18-20,22,24H,3-4,9-10,12-16H2,1H3/b8-6+. The van der Waals surface area contributed by atoms with Crippen LogP contribution in [0.2, 0.25) is 0 Å². The Labute approximate surface area is 151 Å². The number of hydrogen-bond acceptors (Lipinski definition) is 4. The van der Waals surface area contributed by atoms with Crippen molar-refractivity contribution in [1.29, 1.82) is 0 Å². The Morgan fingerprint density at radius 1 is 1.16 bits per heavy atom. The summed E-state index contributed by atoms with van der Waals surface area (Å²) in [6.45, 7) is 3.10. The molecule has 3 rings (SSSR count). The minimum Gasteiger partial charge on any atom is -0.496 e. The highest BCUT2D eigenvalue weighted by Crippen LogP contribution is 2.26. The van der Waals surface area contributed by atoms with Crippen LogP contribution < -0.4 is 10.1 Å². The molecule has 4 nitrogen and oxygen atoms in total. The highest BCUT2D eigenvalue weighted by atomic mass is 16.5. The highest BCUT2D eigenvalue weighted by molar-refractivity contribution is 5.57. The average Bonchev–Trinajstić information content (AvgIpc) is 2.66. The van der Waals surface area contributed by atoms with E-state index in [2.05, 4.69) is 28.4 Å². The molecule has 25 heavy (non-hydrogen) atoms. The van der Waals surface area contributed by atoms with Crippen molar-refractivity contribution >= 4 is 6.08 Å². The van der Waals surface area contributed by atoms with Gasteiger partial charge in [0.15, 0.2) is 0 Å². The van der Waals surface area contributed by atoms with Crippen LogP contribution in [0.4, 0.5) is 0 Å². The predicted octanol–water partition coefficient (Wildman–Crippen LogP) is 3.07. The number of aliphatic hydroxyl groups is 1. The summed E-state index contributed by atoms with van der Waals surface area (Å²) in [6, 6.07) is 9.07. The summed E-state index contributed by atoms with van der Waals surface area (Å²) >= 11 is 0. The third kappa shape index (κ3) is 5.06. The van der Waals surface area contributed by atoms with Gasteiger partial charge in [0.1, 0.15) is 5.75 Å². The van der Waals surface area contributed by atoms with Crippen molar-refractivity contribution in [3.05, 3.63) is 35.9 Å². The van der Waals surface area contributed by atoms with E-state index < -0.39 is 0 Å². The van der Waals surface area contributed by atoms with E-state index in [4.69, 9.17) is 4.74 Å². The van der Waals surface area contributed by atoms with E-state index in [1.807, 2.05) is 18.2 Å². The molecule has 1 aromatic rings. The topological polar surface area (TPSA) is 44.7 Å². The Morgan fingerprint density at radius 3 is 2.68 bits per heavy atom. The molecular formula is C21H32N2O2. The van der Waals surface area contributed by atoms with E-state index in [9.17, 15) is 5.11 Å². The molecule has 2 N–H and O–H groups in total. The molecule has 138 valence electrons. The smallest absolute Gasteiger partial charge is 0.126 e. The van der Waals surface area contributed by atoms with Gasteiger partial charge in [-0.3, -0.25) is 4.90 Å². The van der Waals surface area contributed by atoms with Crippen molar-refractivity contribution < 1.29 is 9.84 Å². The quantitative estimate of drug-likeness (QED) is 0.832. The average molecular weight is 344 g/mol. The maximum Gasteiger partial charge on any atom is 0.126 e. The van der Waals surface area contributed by atoms with Gasteiger partial charge in [-0.1, -0.05) is 43.2 Å². The molecule has 1 heterocycles. The van der Waals surface area contributed by atoms with Crippen LogP contribution in [0.1, 0.15) is 44.1 Å². The zero-order chi connectivity index (χ0) is 17.5. The number of para-hydroxylation sites is 1. The Hall–Kier alpha value is -1.36. The van der Waals surface area contributed by atoms with Gasteiger partial charge in [-0.15, -0.1) is 0 Å². The predicted molar refractivity (Wildman–Crippen MR) is 103 cm³/mol. The molecule has 2 unspecified atom stereocenters. The number of rotatable bonds is 6. The molecule has 1 aromatic carbocycles. The fourth-order valence-corrected chi connectivity index (χ4v) is 4.18. The molecular weight excluding hydrogens is 312 g/mol. The lowest BCUT2D eigenvalue weighted by Gasteiger charge is -2.41. The van der Waals surface area contributed by atoms with E-state index >= 15 is 0 Å². The molecule has 1 aliphatic heterocycles. The molecule has 0 amide bonds. The zero-order valence-corrected chi connectivity index (χ0v) is 15.4. The summed E-state index contributed by atoms with van der Waals surface area (Å²) < 4.78 is 5.37. The Balaban J connectivity index is 1.40. The van der Waals surface area contributed by atoms with Crippen LogP contribution in [0.15, 0.2) is 30.3 Å². The number of aliphatic hydroxyl groups excluding tert-OH is 1. The number of methoxy groups -OCH3 is 1. The number of nitrogens with zero attached hydrogens (tertiary/aromatic N) is 1. The number of benzene rings is 1. The van der Waals surface area contributed by atoms with Crippen molar-refractivity contribution in [3.63, 3.8) is 0 Å². The second-order valence-corrected chi connectivity index (χ2v) is 7.28. The van der Waals surface area contributed by atoms with Crippen LogP contribution in [0.3, 0.4) is 0 Å². The molecule has 0 radical (unpaired) electrons. The van der Waals surface area contributed by atoms with Crippen molar-refractivity contribution in [2.75, 3.05) is 26.7 Å². The third-order valence-corrected chi connectivity index (χ3v) is 5.65. The van der Waals surface area contributed by atoms with Gasteiger partial charge in [0.25, 0.3) is 0 Å². The molecule has 0 bridgehead atoms. The normalized spacial score (nSPS) is 26.2. The van der Waals surface area contributed by atoms with Crippen LogP contribution in [0, 0.1) is 0 Å². The lowest BCUT2D eigenvalue weighted by Crippen LogP contribution is -2.51. The van der Waals surface area contributed by atoms with Crippen LogP contribution >= 0.6 is 0 Å². The second-order valence-electron chi connectivity index (χ2n) is 7.28. The SMILES string of the molecule is COc1ccccc1/C=C/CNC1CCN(C2CCCCC2O)CC1. The summed E-state index contributed by atoms with van der Waals surface area (Å²) in [5, 5.41) is 13.9. The first-order valence-corrected chi connectivity index (χ1v) is 9.73. The maximum atomic E-state index is 10.2. The van der Waals surface area contributed by atoms with E-state index in [1.54, 1.807) is 7.11 Å². The van der Waals surface area contributed by atoms with Crippen molar-refractivity contribution in [1.82, 2.24) is 10.2 Å². The summed E-state index contributed by atoms with van der Waals surface area (Å²) in [4.78, 5) is 2.52. The number of ether oxygens (including phenoxy) is 1. The number of nitrogens with one attached hydrogen (secondary N) is 1. The van der Waals surface area contributed by atoms with Gasteiger partial charge < -0.3 is 15.2 Å². The van der Waals surface area contributed by atoms with Gasteiger partial charge in [0.2, 0.25) is 0 Å². The number of piperidine rings is 1. The first-order valence-electron chi connectivity index (χ1n) is 9.73. The lowest BCUT2D eigenvalue weighted by atomic mass is 9.89. The molecule has 0 aromatic heterocycles. The molecule has 4 heteroatoms. The summed E-state index contributed by atoms with van der Waals surface area (Å²) in [7, 11) is 1.71. The maximum absolute atomic E-state index is 10.2. The zero-order valence-electron chi connectivity index (χ0n) is 15.4. The van der Waals surface area contributed by atoms with Crippen molar-refractivity contribution in [3.8, 4) is 5.75 Å². The monoisotopic (exact) mass is 344 g/mol. The molecule has 2 atom stereocenters. The third-order valence-electron chi connectivity index (χ3n) is 5.65. The molecule has 1 aliphatic carbocycles. The van der Waals surface area contributed by atoms with E-state index in [-0.39, 0.29) is 6.10 Å². The van der Waals surface area contributed by atoms with Crippen LogP contribution in [-0.4, -0.2) is 54.9 Å². The van der Waals surface area contributed by atoms with Crippen molar-refractivity contribution in [2.45, 2.75) is 56.7 Å². The summed E-state index contributed by atoms with van der Waals surface area (Å²) in [5.41, 5.74) is 1.12. The molecule has 1 saturated heterocycles. The first-order chi connectivity index (χ1) is 12.3. The fraction of sp³-hybridized carbons (Fsp3) is 0.619. The Kier molecular flexibility index (Phi) is 6.91. The van der Waals surface area contributed by atoms with E-state index in [1.165, 1.54) is 32.1 Å². The fourth-order valence-electron chi connectivity index (χ4n) is 4.18. The minimum absolute atomic E-state index is 0.109. The van der Waals surface area contributed by atoms with E-state index in [0.717, 1.165) is 37.4 Å². The minimum atomic E-state index is -0.109. The molecule has 0 spiro atoms. The Morgan fingerprint density at radius 2 is 1.92 bits per heavy atom. The summed E-state index contributed by atoms with van der Waals surface area (Å²) in [6.07, 6.45) is 11.1. The Bertz CT molecular complexity index is 553. The van der Waals surface area contributed by atoms with Crippen molar-refractivity contribution in [2.24, 2.45) is 0 Å². The van der Waals surface area contributed by atoms with Gasteiger partial charge in [-0.05, 0) is 31.7 Å². The van der Waals surface area contributed by atoms with Crippen LogP contribution in [-0.2, 0) is 0 Å². The van der Waals surface area contributed by atoms with Gasteiger partial charge in [-0.25, -0.2) is 0 Å². The van der Waals surface area contributed by atoms with Gasteiger partial charge in [0, 0.05) is 37.3 Å². The number of hydrogen-bond donors (Lipinski definition) is 2. The van der Waals surface area contributed by atoms with E-state index in [0.29, 0.717) is 12.1 Å². The molecule has 2 fully saturated rings. The first kappa shape index (κ1) is 18.4. The van der Waals surface area contributed by atoms with Gasteiger partial charge in [0.05, 0.1) is 13.2 Å². The second kappa shape index (κ2) is 9.37. The summed E-state index contributed by atoms with van der Waals surface area (Å²) in [5.74, 6) is 0.915. The van der Waals surface area contributed by atoms with Gasteiger partial charge >= 0.3 is 0 Å². The highest BCUT2D eigenvalue weighted by Gasteiger charge is 2.31. The largest absolute Gasteiger partial charge is 0.496 e. The molecule has 1 saturated carbocycles. The lowest BCUT2D eigenvalue weighted by molar-refractivity contribution is 0.00741.